The van der Waals surface area contributed by atoms with E-state index in [4.69, 9.17) is 9.47 Å². The fourth-order valence-corrected chi connectivity index (χ4v) is 2.27. The fourth-order valence-electron chi connectivity index (χ4n) is 2.27. The summed E-state index contributed by atoms with van der Waals surface area (Å²) in [7, 11) is 1.57. The summed E-state index contributed by atoms with van der Waals surface area (Å²) >= 11 is 0. The summed E-state index contributed by atoms with van der Waals surface area (Å²) in [5.74, 6) is 1.35. The Morgan fingerprint density at radius 2 is 2.37 bits per heavy atom. The molecule has 1 aromatic carbocycles. The Hall–Kier alpha value is -2.14. The summed E-state index contributed by atoms with van der Waals surface area (Å²) in [4.78, 5) is 18.7. The average molecular weight is 258 g/mol. The van der Waals surface area contributed by atoms with E-state index in [0.717, 1.165) is 23.3 Å². The van der Waals surface area contributed by atoms with Gasteiger partial charge < -0.3 is 14.5 Å². The van der Waals surface area contributed by atoms with E-state index >= 15 is 0 Å². The SMILES string of the molecule is COCc1nc(-c2cccc3c2OCC3)cc(=O)[nH]1. The van der Waals surface area contributed by atoms with Gasteiger partial charge >= 0.3 is 0 Å². The number of aromatic amines is 1. The molecule has 0 aliphatic carbocycles. The highest BCUT2D eigenvalue weighted by molar-refractivity contribution is 5.69. The first kappa shape index (κ1) is 11.9. The molecule has 1 aliphatic rings. The lowest BCUT2D eigenvalue weighted by Gasteiger charge is -2.08. The highest BCUT2D eigenvalue weighted by atomic mass is 16.5. The maximum Gasteiger partial charge on any atom is 0.251 e. The maximum atomic E-state index is 11.7. The van der Waals surface area contributed by atoms with Gasteiger partial charge in [0, 0.05) is 25.2 Å². The molecule has 5 nitrogen and oxygen atoms in total. The van der Waals surface area contributed by atoms with E-state index in [2.05, 4.69) is 9.97 Å². The zero-order valence-electron chi connectivity index (χ0n) is 10.6. The van der Waals surface area contributed by atoms with Crippen molar-refractivity contribution in [2.24, 2.45) is 0 Å². The van der Waals surface area contributed by atoms with Crippen LogP contribution in [0.15, 0.2) is 29.1 Å². The molecule has 5 heteroatoms. The number of benzene rings is 1. The van der Waals surface area contributed by atoms with E-state index in [1.165, 1.54) is 6.07 Å². The minimum atomic E-state index is -0.187. The summed E-state index contributed by atoms with van der Waals surface area (Å²) in [6.45, 7) is 0.958. The topological polar surface area (TPSA) is 64.2 Å². The van der Waals surface area contributed by atoms with Crippen LogP contribution in [0.5, 0.6) is 5.75 Å². The molecule has 19 heavy (non-hydrogen) atoms. The van der Waals surface area contributed by atoms with Crippen LogP contribution >= 0.6 is 0 Å². The van der Waals surface area contributed by atoms with E-state index in [1.807, 2.05) is 18.2 Å². The van der Waals surface area contributed by atoms with E-state index in [9.17, 15) is 4.79 Å². The van der Waals surface area contributed by atoms with Gasteiger partial charge in [-0.1, -0.05) is 12.1 Å². The Morgan fingerprint density at radius 3 is 3.21 bits per heavy atom. The quantitative estimate of drug-likeness (QED) is 0.906. The normalized spacial score (nSPS) is 13.1. The first-order chi connectivity index (χ1) is 9.28. The molecule has 1 N–H and O–H groups in total. The second-order valence-corrected chi connectivity index (χ2v) is 4.40. The molecule has 2 aromatic rings. The molecule has 0 amide bonds. The number of hydrogen-bond acceptors (Lipinski definition) is 4. The molecule has 2 heterocycles. The van der Waals surface area contributed by atoms with Gasteiger partial charge in [0.1, 0.15) is 18.2 Å². The first-order valence-corrected chi connectivity index (χ1v) is 6.12. The summed E-state index contributed by atoms with van der Waals surface area (Å²) in [5.41, 5.74) is 2.45. The molecule has 0 saturated heterocycles. The van der Waals surface area contributed by atoms with E-state index < -0.39 is 0 Å². The third-order valence-electron chi connectivity index (χ3n) is 3.06. The van der Waals surface area contributed by atoms with Gasteiger partial charge in [-0.3, -0.25) is 4.79 Å². The van der Waals surface area contributed by atoms with Crippen molar-refractivity contribution in [2.75, 3.05) is 13.7 Å². The molecule has 1 aromatic heterocycles. The maximum absolute atomic E-state index is 11.7. The zero-order valence-corrected chi connectivity index (χ0v) is 10.6. The minimum Gasteiger partial charge on any atom is -0.492 e. The summed E-state index contributed by atoms with van der Waals surface area (Å²) in [6.07, 6.45) is 0.900. The van der Waals surface area contributed by atoms with Gasteiger partial charge in [-0.2, -0.15) is 0 Å². The summed E-state index contributed by atoms with van der Waals surface area (Å²) in [6, 6.07) is 7.40. The van der Waals surface area contributed by atoms with Crippen LogP contribution in [0.3, 0.4) is 0 Å². The van der Waals surface area contributed by atoms with Crippen LogP contribution in [0.2, 0.25) is 0 Å². The minimum absolute atomic E-state index is 0.187. The lowest BCUT2D eigenvalue weighted by atomic mass is 10.1. The number of para-hydroxylation sites is 1. The Morgan fingerprint density at radius 1 is 1.47 bits per heavy atom. The van der Waals surface area contributed by atoms with Crippen LogP contribution in [0.25, 0.3) is 11.3 Å². The number of nitrogens with zero attached hydrogens (tertiary/aromatic N) is 1. The lowest BCUT2D eigenvalue weighted by Crippen LogP contribution is -2.11. The van der Waals surface area contributed by atoms with Gasteiger partial charge in [0.2, 0.25) is 0 Å². The molecule has 0 spiro atoms. The molecule has 0 bridgehead atoms. The number of hydrogen-bond donors (Lipinski definition) is 1. The molecule has 3 rings (SSSR count). The standard InChI is InChI=1S/C14H14N2O3/c1-18-8-12-15-11(7-13(17)16-12)10-4-2-3-9-5-6-19-14(9)10/h2-4,7H,5-6,8H2,1H3,(H,15,16,17). The monoisotopic (exact) mass is 258 g/mol. The van der Waals surface area contributed by atoms with Crippen LogP contribution in [0.4, 0.5) is 0 Å². The molecular formula is C14H14N2O3. The second kappa shape index (κ2) is 4.85. The largest absolute Gasteiger partial charge is 0.492 e. The van der Waals surface area contributed by atoms with Crippen molar-refractivity contribution < 1.29 is 9.47 Å². The third kappa shape index (κ3) is 2.24. The second-order valence-electron chi connectivity index (χ2n) is 4.40. The molecule has 0 saturated carbocycles. The lowest BCUT2D eigenvalue weighted by molar-refractivity contribution is 0.177. The number of rotatable bonds is 3. The van der Waals surface area contributed by atoms with Gasteiger partial charge in [0.25, 0.3) is 5.56 Å². The van der Waals surface area contributed by atoms with Gasteiger partial charge in [0.15, 0.2) is 0 Å². The van der Waals surface area contributed by atoms with Crippen molar-refractivity contribution in [3.63, 3.8) is 0 Å². The van der Waals surface area contributed by atoms with E-state index in [0.29, 0.717) is 18.1 Å². The Labute approximate surface area is 110 Å². The van der Waals surface area contributed by atoms with E-state index in [-0.39, 0.29) is 12.2 Å². The molecule has 0 atom stereocenters. The zero-order chi connectivity index (χ0) is 13.2. The number of ether oxygens (including phenoxy) is 2. The third-order valence-corrected chi connectivity index (χ3v) is 3.06. The van der Waals surface area contributed by atoms with Crippen LogP contribution in [-0.4, -0.2) is 23.7 Å². The van der Waals surface area contributed by atoms with Crippen molar-refractivity contribution in [3.05, 3.63) is 46.0 Å². The molecule has 0 fully saturated rings. The van der Waals surface area contributed by atoms with Crippen molar-refractivity contribution in [1.82, 2.24) is 9.97 Å². The number of nitrogens with one attached hydrogen (secondary N) is 1. The van der Waals surface area contributed by atoms with Crippen LogP contribution < -0.4 is 10.3 Å². The fraction of sp³-hybridized carbons (Fsp3) is 0.286. The predicted molar refractivity (Wildman–Crippen MR) is 70.2 cm³/mol. The highest BCUT2D eigenvalue weighted by Crippen LogP contribution is 2.35. The van der Waals surface area contributed by atoms with Gasteiger partial charge in [-0.05, 0) is 11.6 Å². The van der Waals surface area contributed by atoms with Crippen molar-refractivity contribution in [2.45, 2.75) is 13.0 Å². The number of aromatic nitrogens is 2. The molecule has 1 aliphatic heterocycles. The average Bonchev–Trinajstić information content (AvgIpc) is 2.86. The van der Waals surface area contributed by atoms with Crippen LogP contribution in [-0.2, 0) is 17.8 Å². The van der Waals surface area contributed by atoms with Gasteiger partial charge in [-0.25, -0.2) is 4.98 Å². The predicted octanol–water partition coefficient (Wildman–Crippen LogP) is 1.52. The van der Waals surface area contributed by atoms with Crippen LogP contribution in [0.1, 0.15) is 11.4 Å². The van der Waals surface area contributed by atoms with E-state index in [1.54, 1.807) is 7.11 Å². The molecule has 98 valence electrons. The number of fused-ring (bicyclic) bond motifs is 1. The molecule has 0 unspecified atom stereocenters. The number of H-pyrrole nitrogens is 1. The molecular weight excluding hydrogens is 244 g/mol. The number of methoxy groups -OCH3 is 1. The van der Waals surface area contributed by atoms with Crippen molar-refractivity contribution in [3.8, 4) is 17.0 Å². The van der Waals surface area contributed by atoms with Gasteiger partial charge in [0.05, 0.1) is 12.3 Å². The molecule has 0 radical (unpaired) electrons. The Bertz CT molecular complexity index is 664. The van der Waals surface area contributed by atoms with Crippen molar-refractivity contribution >= 4 is 0 Å². The smallest absolute Gasteiger partial charge is 0.251 e. The van der Waals surface area contributed by atoms with Gasteiger partial charge in [-0.15, -0.1) is 0 Å². The highest BCUT2D eigenvalue weighted by Gasteiger charge is 2.18. The summed E-state index contributed by atoms with van der Waals surface area (Å²) in [5, 5.41) is 0. The van der Waals surface area contributed by atoms with Crippen LogP contribution in [0, 0.1) is 0 Å². The Balaban J connectivity index is 2.12. The van der Waals surface area contributed by atoms with Crippen molar-refractivity contribution in [1.29, 1.82) is 0 Å². The first-order valence-electron chi connectivity index (χ1n) is 6.12. The summed E-state index contributed by atoms with van der Waals surface area (Å²) < 4.78 is 10.6. The Kier molecular flexibility index (Phi) is 3.05.